The van der Waals surface area contributed by atoms with Crippen LogP contribution in [-0.2, 0) is 4.79 Å². The number of anilines is 1. The Bertz CT molecular complexity index is 1160. The van der Waals surface area contributed by atoms with Gasteiger partial charge in [-0.3, -0.25) is 10.1 Å². The Morgan fingerprint density at radius 3 is 2.60 bits per heavy atom. The molecule has 1 aromatic heterocycles. The van der Waals surface area contributed by atoms with Crippen LogP contribution in [0.3, 0.4) is 0 Å². The number of guanidine groups is 1. The fraction of sp³-hybridized carbons (Fsp3) is 0.435. The Labute approximate surface area is 207 Å². The third-order valence-corrected chi connectivity index (χ3v) is 7.27. The number of carbonyl (C=O) groups excluding carboxylic acids is 2. The number of imide groups is 1. The van der Waals surface area contributed by atoms with Crippen molar-refractivity contribution >= 4 is 35.3 Å². The number of thioether (sulfide) groups is 1. The highest BCUT2D eigenvalue weighted by molar-refractivity contribution is 7.99. The summed E-state index contributed by atoms with van der Waals surface area (Å²) >= 11 is 1.51. The predicted molar refractivity (Wildman–Crippen MR) is 131 cm³/mol. The van der Waals surface area contributed by atoms with Crippen LogP contribution in [0.5, 0.6) is 0 Å². The first-order valence-corrected chi connectivity index (χ1v) is 12.5. The van der Waals surface area contributed by atoms with Gasteiger partial charge in [0.25, 0.3) is 5.91 Å². The van der Waals surface area contributed by atoms with Gasteiger partial charge in [0.05, 0.1) is 5.69 Å². The molecule has 2 atom stereocenters. The van der Waals surface area contributed by atoms with Crippen LogP contribution in [0, 0.1) is 12.7 Å². The van der Waals surface area contributed by atoms with E-state index < -0.39 is 18.2 Å². The number of rotatable bonds is 5. The van der Waals surface area contributed by atoms with Crippen molar-refractivity contribution in [3.05, 3.63) is 48.0 Å². The highest BCUT2D eigenvalue weighted by atomic mass is 32.2. The molecule has 1 aromatic carbocycles. The summed E-state index contributed by atoms with van der Waals surface area (Å²) in [5, 5.41) is 3.12. The summed E-state index contributed by atoms with van der Waals surface area (Å²) in [7, 11) is 1.65. The molecule has 3 amide bonds. The SMILES string of the molecule is Cc1ccnc(SCCN2C(N3CCN(c4ccccc4F)CC3)=NC3C2C(=O)NC(=O)N3C)n1. The second-order valence-electron chi connectivity index (χ2n) is 8.64. The summed E-state index contributed by atoms with van der Waals surface area (Å²) in [6.07, 6.45) is 1.14. The number of aryl methyl sites for hydroxylation is 1. The van der Waals surface area contributed by atoms with E-state index in [9.17, 15) is 14.0 Å². The van der Waals surface area contributed by atoms with Crippen LogP contribution in [0.4, 0.5) is 14.9 Å². The number of aromatic nitrogens is 2. The molecule has 0 radical (unpaired) electrons. The smallest absolute Gasteiger partial charge is 0.325 e. The molecule has 0 spiro atoms. The van der Waals surface area contributed by atoms with Gasteiger partial charge in [-0.05, 0) is 25.1 Å². The van der Waals surface area contributed by atoms with Crippen molar-refractivity contribution in [1.29, 1.82) is 0 Å². The molecule has 0 bridgehead atoms. The van der Waals surface area contributed by atoms with Crippen molar-refractivity contribution < 1.29 is 14.0 Å². The number of halogens is 1. The standard InChI is InChI=1S/C23H27FN8O2S/c1-15-7-8-25-21(26-15)35-14-13-32-18-19(29(2)23(34)28-20(18)33)27-22(32)31-11-9-30(10-12-31)17-6-4-3-5-16(17)24/h3-8,18-19H,9-14H2,1-2H3,(H,28,33,34). The Morgan fingerprint density at radius 2 is 1.86 bits per heavy atom. The van der Waals surface area contributed by atoms with E-state index >= 15 is 0 Å². The number of nitrogens with zero attached hydrogens (tertiary/aromatic N) is 7. The summed E-state index contributed by atoms with van der Waals surface area (Å²) in [6, 6.07) is 7.57. The number of benzene rings is 1. The molecular weight excluding hydrogens is 471 g/mol. The summed E-state index contributed by atoms with van der Waals surface area (Å²) < 4.78 is 14.3. The molecule has 35 heavy (non-hydrogen) atoms. The van der Waals surface area contributed by atoms with Gasteiger partial charge in [0, 0.05) is 57.4 Å². The minimum Gasteiger partial charge on any atom is -0.366 e. The normalized spacial score (nSPS) is 22.3. The average molecular weight is 499 g/mol. The van der Waals surface area contributed by atoms with Crippen molar-refractivity contribution in [3.63, 3.8) is 0 Å². The van der Waals surface area contributed by atoms with Crippen LogP contribution in [0.15, 0.2) is 46.7 Å². The number of piperazine rings is 1. The molecule has 2 aromatic rings. The Hall–Kier alpha value is -3.41. The zero-order valence-corrected chi connectivity index (χ0v) is 20.4. The molecule has 4 heterocycles. The lowest BCUT2D eigenvalue weighted by Crippen LogP contribution is -2.64. The molecule has 10 nitrogen and oxygen atoms in total. The molecule has 0 saturated carbocycles. The highest BCUT2D eigenvalue weighted by Crippen LogP contribution is 2.28. The zero-order valence-electron chi connectivity index (χ0n) is 19.6. The van der Waals surface area contributed by atoms with Gasteiger partial charge < -0.3 is 19.6 Å². The van der Waals surface area contributed by atoms with E-state index in [1.165, 1.54) is 22.7 Å². The third kappa shape index (κ3) is 4.62. The molecule has 2 fully saturated rings. The summed E-state index contributed by atoms with van der Waals surface area (Å²) in [5.74, 6) is 0.750. The van der Waals surface area contributed by atoms with Crippen LogP contribution >= 0.6 is 11.8 Å². The van der Waals surface area contributed by atoms with Gasteiger partial charge in [0.1, 0.15) is 5.82 Å². The number of fused-ring (bicyclic) bond motifs is 1. The van der Waals surface area contributed by atoms with Crippen molar-refractivity contribution in [2.75, 3.05) is 50.4 Å². The molecule has 5 rings (SSSR count). The van der Waals surface area contributed by atoms with Gasteiger partial charge in [-0.15, -0.1) is 0 Å². The molecule has 184 valence electrons. The van der Waals surface area contributed by atoms with Gasteiger partial charge in [0.2, 0.25) is 0 Å². The highest BCUT2D eigenvalue weighted by Gasteiger charge is 2.49. The number of carbonyl (C=O) groups is 2. The number of hydrogen-bond acceptors (Lipinski definition) is 9. The Kier molecular flexibility index (Phi) is 6.46. The van der Waals surface area contributed by atoms with E-state index in [4.69, 9.17) is 4.99 Å². The van der Waals surface area contributed by atoms with Crippen molar-refractivity contribution in [2.45, 2.75) is 24.3 Å². The molecule has 0 aliphatic carbocycles. The van der Waals surface area contributed by atoms with E-state index in [-0.39, 0.29) is 11.7 Å². The molecular formula is C23H27FN8O2S. The van der Waals surface area contributed by atoms with E-state index in [2.05, 4.69) is 20.2 Å². The molecule has 3 aliphatic heterocycles. The minimum atomic E-state index is -0.601. The number of nitrogens with one attached hydrogen (secondary N) is 1. The first kappa shape index (κ1) is 23.3. The van der Waals surface area contributed by atoms with E-state index in [1.54, 1.807) is 25.4 Å². The zero-order chi connectivity index (χ0) is 24.5. The average Bonchev–Trinajstić information content (AvgIpc) is 3.23. The largest absolute Gasteiger partial charge is 0.366 e. The fourth-order valence-corrected chi connectivity index (χ4v) is 5.41. The minimum absolute atomic E-state index is 0.237. The van der Waals surface area contributed by atoms with Crippen LogP contribution in [0.1, 0.15) is 5.69 Å². The fourth-order valence-electron chi connectivity index (χ4n) is 4.60. The van der Waals surface area contributed by atoms with Crippen molar-refractivity contribution in [2.24, 2.45) is 4.99 Å². The van der Waals surface area contributed by atoms with Crippen LogP contribution in [0.2, 0.25) is 0 Å². The second kappa shape index (κ2) is 9.68. The maximum Gasteiger partial charge on any atom is 0.325 e. The lowest BCUT2D eigenvalue weighted by Gasteiger charge is -2.41. The topological polar surface area (TPSA) is 97.3 Å². The number of hydrogen-bond donors (Lipinski definition) is 1. The van der Waals surface area contributed by atoms with Gasteiger partial charge in [0.15, 0.2) is 23.3 Å². The lowest BCUT2D eigenvalue weighted by atomic mass is 10.1. The second-order valence-corrected chi connectivity index (χ2v) is 9.70. The number of urea groups is 1. The maximum absolute atomic E-state index is 14.3. The summed E-state index contributed by atoms with van der Waals surface area (Å²) in [5.41, 5.74) is 1.48. The third-order valence-electron chi connectivity index (χ3n) is 6.43. The molecule has 2 saturated heterocycles. The molecule has 1 N–H and O–H groups in total. The quantitative estimate of drug-likeness (QED) is 0.488. The summed E-state index contributed by atoms with van der Waals surface area (Å²) in [4.78, 5) is 46.2. The number of para-hydroxylation sites is 1. The number of amides is 3. The van der Waals surface area contributed by atoms with Crippen molar-refractivity contribution in [3.8, 4) is 0 Å². The first-order chi connectivity index (χ1) is 16.9. The maximum atomic E-state index is 14.3. The first-order valence-electron chi connectivity index (χ1n) is 11.5. The monoisotopic (exact) mass is 498 g/mol. The van der Waals surface area contributed by atoms with Crippen LogP contribution < -0.4 is 10.2 Å². The van der Waals surface area contributed by atoms with Crippen LogP contribution in [-0.4, -0.2) is 100 Å². The molecule has 3 aliphatic rings. The molecule has 12 heteroatoms. The molecule has 2 unspecified atom stereocenters. The van der Waals surface area contributed by atoms with E-state index in [1.807, 2.05) is 28.9 Å². The van der Waals surface area contributed by atoms with Crippen LogP contribution in [0.25, 0.3) is 0 Å². The van der Waals surface area contributed by atoms with Gasteiger partial charge in [-0.1, -0.05) is 23.9 Å². The Morgan fingerprint density at radius 1 is 1.11 bits per heavy atom. The lowest BCUT2D eigenvalue weighted by molar-refractivity contribution is -0.127. The van der Waals surface area contributed by atoms with Gasteiger partial charge in [-0.2, -0.15) is 0 Å². The number of likely N-dealkylation sites (N-methyl/N-ethyl adjacent to an activating group) is 1. The number of aliphatic imine (C=N–C) groups is 1. The van der Waals surface area contributed by atoms with Gasteiger partial charge >= 0.3 is 6.03 Å². The Balaban J connectivity index is 1.32. The van der Waals surface area contributed by atoms with E-state index in [0.717, 1.165) is 5.69 Å². The summed E-state index contributed by atoms with van der Waals surface area (Å²) in [6.45, 7) is 4.94. The van der Waals surface area contributed by atoms with Gasteiger partial charge in [-0.25, -0.2) is 24.1 Å². The predicted octanol–water partition coefficient (Wildman–Crippen LogP) is 1.39. The van der Waals surface area contributed by atoms with E-state index in [0.29, 0.717) is 55.3 Å². The van der Waals surface area contributed by atoms with Crippen molar-refractivity contribution in [1.82, 2.24) is 30.0 Å².